The number of rotatable bonds is 6. The zero-order chi connectivity index (χ0) is 16.1. The van der Waals surface area contributed by atoms with Crippen LogP contribution >= 0.6 is 12.4 Å². The number of hydrogen-bond donors (Lipinski definition) is 3. The summed E-state index contributed by atoms with van der Waals surface area (Å²) in [5.41, 5.74) is 1.42. The molecule has 2 aliphatic rings. The quantitative estimate of drug-likeness (QED) is 0.723. The molecule has 1 aliphatic heterocycles. The van der Waals surface area contributed by atoms with E-state index in [1.165, 1.54) is 5.56 Å². The predicted molar refractivity (Wildman–Crippen MR) is 96.1 cm³/mol. The normalized spacial score (nSPS) is 20.8. The van der Waals surface area contributed by atoms with Crippen LogP contribution in [0.5, 0.6) is 0 Å². The molecule has 3 N–H and O–H groups in total. The molecule has 1 aromatic rings. The summed E-state index contributed by atoms with van der Waals surface area (Å²) in [6.07, 6.45) is 3.94. The molecule has 3 rings (SSSR count). The fourth-order valence-corrected chi connectivity index (χ4v) is 3.54. The second kappa shape index (κ2) is 8.49. The fourth-order valence-electron chi connectivity index (χ4n) is 3.54. The molecule has 0 radical (unpaired) electrons. The molecule has 5 nitrogen and oxygen atoms in total. The Hall–Kier alpha value is -1.59. The molecule has 1 atom stereocenters. The van der Waals surface area contributed by atoms with Crippen molar-refractivity contribution in [3.8, 4) is 0 Å². The SMILES string of the molecule is Cl.O=C(CNC(=O)C1CC12CCNCC2)NCCc1ccccc1. The molecule has 132 valence electrons. The lowest BCUT2D eigenvalue weighted by Gasteiger charge is -2.23. The largest absolute Gasteiger partial charge is 0.354 e. The van der Waals surface area contributed by atoms with Crippen molar-refractivity contribution in [2.75, 3.05) is 26.2 Å². The van der Waals surface area contributed by atoms with Gasteiger partial charge in [0.1, 0.15) is 0 Å². The van der Waals surface area contributed by atoms with Gasteiger partial charge in [-0.25, -0.2) is 0 Å². The summed E-state index contributed by atoms with van der Waals surface area (Å²) in [5, 5.41) is 8.98. The highest BCUT2D eigenvalue weighted by molar-refractivity contribution is 5.87. The molecule has 1 saturated carbocycles. The minimum absolute atomic E-state index is 0. The van der Waals surface area contributed by atoms with Gasteiger partial charge in [0.2, 0.25) is 11.8 Å². The molecule has 0 bridgehead atoms. The van der Waals surface area contributed by atoms with E-state index >= 15 is 0 Å². The van der Waals surface area contributed by atoms with Gasteiger partial charge in [-0.05, 0) is 49.8 Å². The number of carbonyl (C=O) groups excluding carboxylic acids is 2. The first-order valence-electron chi connectivity index (χ1n) is 8.49. The fraction of sp³-hybridized carbons (Fsp3) is 0.556. The summed E-state index contributed by atoms with van der Waals surface area (Å²) in [5.74, 6) is 0.0427. The van der Waals surface area contributed by atoms with Gasteiger partial charge in [0.15, 0.2) is 0 Å². The first-order valence-corrected chi connectivity index (χ1v) is 8.49. The van der Waals surface area contributed by atoms with Crippen molar-refractivity contribution in [2.45, 2.75) is 25.7 Å². The van der Waals surface area contributed by atoms with Gasteiger partial charge < -0.3 is 16.0 Å². The van der Waals surface area contributed by atoms with Gasteiger partial charge in [0.05, 0.1) is 6.54 Å². The first-order chi connectivity index (χ1) is 11.2. The van der Waals surface area contributed by atoms with E-state index in [1.54, 1.807) is 0 Å². The highest BCUT2D eigenvalue weighted by Crippen LogP contribution is 2.58. The zero-order valence-electron chi connectivity index (χ0n) is 13.8. The number of nitrogens with one attached hydrogen (secondary N) is 3. The number of halogens is 1. The van der Waals surface area contributed by atoms with Gasteiger partial charge in [-0.3, -0.25) is 9.59 Å². The van der Waals surface area contributed by atoms with Crippen LogP contribution < -0.4 is 16.0 Å². The van der Waals surface area contributed by atoms with E-state index in [1.807, 2.05) is 30.3 Å². The molecule has 1 saturated heterocycles. The molecule has 1 aromatic carbocycles. The molecular formula is C18H26ClN3O2. The van der Waals surface area contributed by atoms with Crippen LogP contribution in [0.25, 0.3) is 0 Å². The predicted octanol–water partition coefficient (Wildman–Crippen LogP) is 1.27. The summed E-state index contributed by atoms with van der Waals surface area (Å²) < 4.78 is 0. The van der Waals surface area contributed by atoms with E-state index in [0.717, 1.165) is 38.8 Å². The Labute approximate surface area is 149 Å². The molecule has 1 aliphatic carbocycles. The van der Waals surface area contributed by atoms with E-state index in [9.17, 15) is 9.59 Å². The molecule has 6 heteroatoms. The number of benzene rings is 1. The van der Waals surface area contributed by atoms with Crippen LogP contribution in [0, 0.1) is 11.3 Å². The monoisotopic (exact) mass is 351 g/mol. The van der Waals surface area contributed by atoms with Crippen molar-refractivity contribution in [3.05, 3.63) is 35.9 Å². The van der Waals surface area contributed by atoms with E-state index in [2.05, 4.69) is 16.0 Å². The Kier molecular flexibility index (Phi) is 6.63. The smallest absolute Gasteiger partial charge is 0.239 e. The van der Waals surface area contributed by atoms with Gasteiger partial charge in [-0.2, -0.15) is 0 Å². The van der Waals surface area contributed by atoms with E-state index in [0.29, 0.717) is 6.54 Å². The third-order valence-corrected chi connectivity index (χ3v) is 5.11. The third-order valence-electron chi connectivity index (χ3n) is 5.11. The Balaban J connectivity index is 0.00000208. The Morgan fingerprint density at radius 2 is 1.83 bits per heavy atom. The molecule has 24 heavy (non-hydrogen) atoms. The topological polar surface area (TPSA) is 70.2 Å². The van der Waals surface area contributed by atoms with E-state index < -0.39 is 0 Å². The van der Waals surface area contributed by atoms with Crippen molar-refractivity contribution >= 4 is 24.2 Å². The van der Waals surface area contributed by atoms with Crippen LogP contribution in [-0.4, -0.2) is 38.0 Å². The lowest BCUT2D eigenvalue weighted by atomic mass is 9.92. The second-order valence-corrected chi connectivity index (χ2v) is 6.67. The third kappa shape index (κ3) is 4.71. The van der Waals surface area contributed by atoms with Crippen LogP contribution in [0.15, 0.2) is 30.3 Å². The Morgan fingerprint density at radius 1 is 1.12 bits per heavy atom. The maximum atomic E-state index is 12.2. The standard InChI is InChI=1S/C18H25N3O2.ClH/c22-16(20-9-6-14-4-2-1-3-5-14)13-21-17(23)15-12-18(15)7-10-19-11-8-18;/h1-5,15,19H,6-13H2,(H,20,22)(H,21,23);1H. The van der Waals surface area contributed by atoms with Crippen LogP contribution in [0.1, 0.15) is 24.8 Å². The summed E-state index contributed by atoms with van der Waals surface area (Å²) in [7, 11) is 0. The summed E-state index contributed by atoms with van der Waals surface area (Å²) >= 11 is 0. The van der Waals surface area contributed by atoms with Crippen LogP contribution in [0.3, 0.4) is 0 Å². The number of carbonyl (C=O) groups is 2. The highest BCUT2D eigenvalue weighted by atomic mass is 35.5. The molecular weight excluding hydrogens is 326 g/mol. The van der Waals surface area contributed by atoms with Gasteiger partial charge in [0.25, 0.3) is 0 Å². The lowest BCUT2D eigenvalue weighted by molar-refractivity contribution is -0.127. The van der Waals surface area contributed by atoms with E-state index in [-0.39, 0.29) is 42.1 Å². The van der Waals surface area contributed by atoms with Crippen molar-refractivity contribution in [3.63, 3.8) is 0 Å². The molecule has 2 amide bonds. The summed E-state index contributed by atoms with van der Waals surface area (Å²) in [6.45, 7) is 2.68. The molecule has 1 unspecified atom stereocenters. The van der Waals surface area contributed by atoms with Crippen LogP contribution in [-0.2, 0) is 16.0 Å². The van der Waals surface area contributed by atoms with Gasteiger partial charge in [-0.1, -0.05) is 30.3 Å². The van der Waals surface area contributed by atoms with Crippen molar-refractivity contribution in [1.29, 1.82) is 0 Å². The highest BCUT2D eigenvalue weighted by Gasteiger charge is 2.57. The lowest BCUT2D eigenvalue weighted by Crippen LogP contribution is -2.39. The van der Waals surface area contributed by atoms with Crippen molar-refractivity contribution < 1.29 is 9.59 Å². The van der Waals surface area contributed by atoms with Gasteiger partial charge in [-0.15, -0.1) is 12.4 Å². The maximum Gasteiger partial charge on any atom is 0.239 e. The maximum absolute atomic E-state index is 12.2. The number of piperidine rings is 1. The van der Waals surface area contributed by atoms with Crippen LogP contribution in [0.2, 0.25) is 0 Å². The molecule has 0 aromatic heterocycles. The average molecular weight is 352 g/mol. The Morgan fingerprint density at radius 3 is 2.54 bits per heavy atom. The number of hydrogen-bond acceptors (Lipinski definition) is 3. The van der Waals surface area contributed by atoms with Crippen LogP contribution in [0.4, 0.5) is 0 Å². The second-order valence-electron chi connectivity index (χ2n) is 6.67. The van der Waals surface area contributed by atoms with Gasteiger partial charge >= 0.3 is 0 Å². The van der Waals surface area contributed by atoms with Gasteiger partial charge in [0, 0.05) is 12.5 Å². The first kappa shape index (κ1) is 18.7. The minimum Gasteiger partial charge on any atom is -0.354 e. The average Bonchev–Trinajstić information content (AvgIpc) is 3.27. The molecule has 1 heterocycles. The zero-order valence-corrected chi connectivity index (χ0v) is 14.7. The van der Waals surface area contributed by atoms with Crippen molar-refractivity contribution in [1.82, 2.24) is 16.0 Å². The molecule has 1 spiro atoms. The van der Waals surface area contributed by atoms with Crippen molar-refractivity contribution in [2.24, 2.45) is 11.3 Å². The summed E-state index contributed by atoms with van der Waals surface area (Å²) in [6, 6.07) is 10.0. The minimum atomic E-state index is -0.116. The number of amides is 2. The molecule has 2 fully saturated rings. The van der Waals surface area contributed by atoms with E-state index in [4.69, 9.17) is 0 Å². The Bertz CT molecular complexity index is 559. The summed E-state index contributed by atoms with van der Waals surface area (Å²) in [4.78, 5) is 24.0.